The van der Waals surface area contributed by atoms with E-state index in [2.05, 4.69) is 5.32 Å². The van der Waals surface area contributed by atoms with Gasteiger partial charge < -0.3 is 10.4 Å². The monoisotopic (exact) mass is 241 g/mol. The SMILES string of the molecule is CCC(CC)(CO)CNC(C)CC(F)(F)F. The Hall–Kier alpha value is -0.290. The summed E-state index contributed by atoms with van der Waals surface area (Å²) >= 11 is 0. The van der Waals surface area contributed by atoms with Crippen molar-refractivity contribution in [3.63, 3.8) is 0 Å². The summed E-state index contributed by atoms with van der Waals surface area (Å²) in [6, 6.07) is -0.607. The first-order valence-electron chi connectivity index (χ1n) is 5.69. The van der Waals surface area contributed by atoms with Gasteiger partial charge in [0.15, 0.2) is 0 Å². The maximum Gasteiger partial charge on any atom is 0.390 e. The normalized spacial score (nSPS) is 15.2. The summed E-state index contributed by atoms with van der Waals surface area (Å²) in [6.07, 6.45) is -3.45. The van der Waals surface area contributed by atoms with Crippen LogP contribution >= 0.6 is 0 Å². The molecule has 0 saturated heterocycles. The molecule has 0 amide bonds. The summed E-state index contributed by atoms with van der Waals surface area (Å²) in [4.78, 5) is 0. The summed E-state index contributed by atoms with van der Waals surface area (Å²) in [5.41, 5.74) is -0.292. The Kier molecular flexibility index (Phi) is 6.33. The van der Waals surface area contributed by atoms with Crippen LogP contribution in [0.3, 0.4) is 0 Å². The molecular weight excluding hydrogens is 219 g/mol. The van der Waals surface area contributed by atoms with Crippen LogP contribution in [0.1, 0.15) is 40.0 Å². The molecule has 1 unspecified atom stereocenters. The van der Waals surface area contributed by atoms with Crippen LogP contribution in [0.4, 0.5) is 13.2 Å². The maximum atomic E-state index is 12.1. The van der Waals surface area contributed by atoms with Crippen molar-refractivity contribution >= 4 is 0 Å². The van der Waals surface area contributed by atoms with E-state index in [-0.39, 0.29) is 12.0 Å². The van der Waals surface area contributed by atoms with Crippen molar-refractivity contribution in [2.24, 2.45) is 5.41 Å². The van der Waals surface area contributed by atoms with E-state index < -0.39 is 18.6 Å². The number of halogens is 3. The lowest BCUT2D eigenvalue weighted by Gasteiger charge is -2.31. The van der Waals surface area contributed by atoms with Gasteiger partial charge in [0.25, 0.3) is 0 Å². The number of aliphatic hydroxyl groups is 1. The summed E-state index contributed by atoms with van der Waals surface area (Å²) in [5.74, 6) is 0. The van der Waals surface area contributed by atoms with Gasteiger partial charge in [0.2, 0.25) is 0 Å². The van der Waals surface area contributed by atoms with Crippen molar-refractivity contribution in [1.29, 1.82) is 0 Å². The van der Waals surface area contributed by atoms with Crippen molar-refractivity contribution in [3.8, 4) is 0 Å². The molecule has 0 bridgehead atoms. The zero-order chi connectivity index (χ0) is 12.8. The maximum absolute atomic E-state index is 12.1. The average molecular weight is 241 g/mol. The van der Waals surface area contributed by atoms with E-state index in [0.717, 1.165) is 12.8 Å². The van der Waals surface area contributed by atoms with Crippen molar-refractivity contribution in [2.75, 3.05) is 13.2 Å². The molecule has 2 nitrogen and oxygen atoms in total. The lowest BCUT2D eigenvalue weighted by Crippen LogP contribution is -2.41. The minimum absolute atomic E-state index is 0.00569. The Labute approximate surface area is 95.2 Å². The molecule has 0 aromatic carbocycles. The Morgan fingerprint density at radius 1 is 1.19 bits per heavy atom. The molecular formula is C11H22F3NO. The molecule has 5 heteroatoms. The van der Waals surface area contributed by atoms with Crippen LogP contribution in [0.25, 0.3) is 0 Å². The lowest BCUT2D eigenvalue weighted by atomic mass is 9.83. The molecule has 16 heavy (non-hydrogen) atoms. The molecule has 0 aromatic heterocycles. The van der Waals surface area contributed by atoms with Crippen molar-refractivity contribution in [2.45, 2.75) is 52.3 Å². The predicted molar refractivity (Wildman–Crippen MR) is 58.2 cm³/mol. The van der Waals surface area contributed by atoms with E-state index in [4.69, 9.17) is 0 Å². The minimum Gasteiger partial charge on any atom is -0.396 e. The fourth-order valence-electron chi connectivity index (χ4n) is 1.59. The molecule has 0 heterocycles. The third kappa shape index (κ3) is 5.70. The van der Waals surface area contributed by atoms with Gasteiger partial charge in [0, 0.05) is 24.6 Å². The number of hydrogen-bond donors (Lipinski definition) is 2. The Bertz CT molecular complexity index is 182. The van der Waals surface area contributed by atoms with Crippen molar-refractivity contribution in [3.05, 3.63) is 0 Å². The smallest absolute Gasteiger partial charge is 0.390 e. The van der Waals surface area contributed by atoms with Crippen LogP contribution < -0.4 is 5.32 Å². The van der Waals surface area contributed by atoms with Crippen LogP contribution in [0.5, 0.6) is 0 Å². The number of hydrogen-bond acceptors (Lipinski definition) is 2. The molecule has 0 spiro atoms. The molecule has 0 aliphatic heterocycles. The van der Waals surface area contributed by atoms with Gasteiger partial charge in [-0.15, -0.1) is 0 Å². The van der Waals surface area contributed by atoms with Gasteiger partial charge in [-0.05, 0) is 19.8 Å². The topological polar surface area (TPSA) is 32.3 Å². The van der Waals surface area contributed by atoms with E-state index in [0.29, 0.717) is 6.54 Å². The summed E-state index contributed by atoms with van der Waals surface area (Å²) in [5, 5.41) is 12.1. The number of alkyl halides is 3. The molecule has 0 aliphatic carbocycles. The van der Waals surface area contributed by atoms with Crippen LogP contribution in [0, 0.1) is 5.41 Å². The van der Waals surface area contributed by atoms with E-state index in [1.807, 2.05) is 13.8 Å². The van der Waals surface area contributed by atoms with Gasteiger partial charge in [-0.2, -0.15) is 13.2 Å². The van der Waals surface area contributed by atoms with Gasteiger partial charge in [-0.25, -0.2) is 0 Å². The average Bonchev–Trinajstić information content (AvgIpc) is 2.18. The largest absolute Gasteiger partial charge is 0.396 e. The highest BCUT2D eigenvalue weighted by Crippen LogP contribution is 2.26. The van der Waals surface area contributed by atoms with Crippen LogP contribution in [-0.2, 0) is 0 Å². The predicted octanol–water partition coefficient (Wildman–Crippen LogP) is 2.72. The summed E-state index contributed by atoms with van der Waals surface area (Å²) in [7, 11) is 0. The zero-order valence-electron chi connectivity index (χ0n) is 10.2. The summed E-state index contributed by atoms with van der Waals surface area (Å²) in [6.45, 7) is 5.83. The Balaban J connectivity index is 4.11. The van der Waals surface area contributed by atoms with E-state index >= 15 is 0 Å². The first kappa shape index (κ1) is 15.7. The fourth-order valence-corrected chi connectivity index (χ4v) is 1.59. The lowest BCUT2D eigenvalue weighted by molar-refractivity contribution is -0.139. The van der Waals surface area contributed by atoms with Crippen LogP contribution in [-0.4, -0.2) is 30.5 Å². The minimum atomic E-state index is -4.13. The second-order valence-corrected chi connectivity index (χ2v) is 4.47. The van der Waals surface area contributed by atoms with E-state index in [1.165, 1.54) is 6.92 Å². The van der Waals surface area contributed by atoms with Gasteiger partial charge in [-0.3, -0.25) is 0 Å². The zero-order valence-corrected chi connectivity index (χ0v) is 10.2. The quantitative estimate of drug-likeness (QED) is 0.718. The highest BCUT2D eigenvalue weighted by molar-refractivity contribution is 4.80. The van der Waals surface area contributed by atoms with Crippen molar-refractivity contribution < 1.29 is 18.3 Å². The molecule has 0 aromatic rings. The molecule has 0 rings (SSSR count). The molecule has 0 fully saturated rings. The highest BCUT2D eigenvalue weighted by Gasteiger charge is 2.31. The third-order valence-electron chi connectivity index (χ3n) is 3.20. The van der Waals surface area contributed by atoms with Crippen LogP contribution in [0.2, 0.25) is 0 Å². The van der Waals surface area contributed by atoms with Gasteiger partial charge >= 0.3 is 6.18 Å². The fraction of sp³-hybridized carbons (Fsp3) is 1.00. The third-order valence-corrected chi connectivity index (χ3v) is 3.20. The number of rotatable bonds is 7. The second-order valence-electron chi connectivity index (χ2n) is 4.47. The molecule has 98 valence electrons. The van der Waals surface area contributed by atoms with E-state index in [1.54, 1.807) is 0 Å². The Morgan fingerprint density at radius 2 is 1.69 bits per heavy atom. The first-order valence-corrected chi connectivity index (χ1v) is 5.69. The molecule has 0 radical (unpaired) electrons. The molecule has 2 N–H and O–H groups in total. The highest BCUT2D eigenvalue weighted by atomic mass is 19.4. The van der Waals surface area contributed by atoms with Gasteiger partial charge in [0.05, 0.1) is 6.42 Å². The Morgan fingerprint density at radius 3 is 2.00 bits per heavy atom. The molecule has 1 atom stereocenters. The first-order chi connectivity index (χ1) is 7.28. The summed E-state index contributed by atoms with van der Waals surface area (Å²) < 4.78 is 36.2. The van der Waals surface area contributed by atoms with E-state index in [9.17, 15) is 18.3 Å². The van der Waals surface area contributed by atoms with Crippen LogP contribution in [0.15, 0.2) is 0 Å². The molecule has 0 saturated carbocycles. The second kappa shape index (κ2) is 6.45. The standard InChI is InChI=1S/C11H22F3NO/c1-4-10(5-2,8-16)7-15-9(3)6-11(12,13)14/h9,15-16H,4-8H2,1-3H3. The number of aliphatic hydroxyl groups excluding tert-OH is 1. The van der Waals surface area contributed by atoms with Crippen molar-refractivity contribution in [1.82, 2.24) is 5.32 Å². The van der Waals surface area contributed by atoms with Gasteiger partial charge in [-0.1, -0.05) is 13.8 Å². The molecule has 0 aliphatic rings. The van der Waals surface area contributed by atoms with Gasteiger partial charge in [0.1, 0.15) is 0 Å². The number of nitrogens with one attached hydrogen (secondary N) is 1.